The average Bonchev–Trinajstić information content (AvgIpc) is 2.30. The molecule has 2 heteroatoms. The van der Waals surface area contributed by atoms with E-state index < -0.39 is 9.04 Å². The largest absolute Gasteiger partial charge is 0.546 e. The molecule has 0 saturated carbocycles. The maximum atomic E-state index is 6.03. The highest BCUT2D eigenvalue weighted by Gasteiger charge is 2.23. The summed E-state index contributed by atoms with van der Waals surface area (Å²) in [6, 6.07) is 0. The van der Waals surface area contributed by atoms with Crippen LogP contribution in [0.1, 0.15) is 78.6 Å². The number of hydrogen-bond acceptors (Lipinski definition) is 1. The molecule has 1 atom stereocenters. The first-order valence-electron chi connectivity index (χ1n) is 8.56. The third-order valence-electron chi connectivity index (χ3n) is 4.41. The smallest absolute Gasteiger partial charge is 0.273 e. The fraction of sp³-hybridized carbons (Fsp3) is 0.889. The van der Waals surface area contributed by atoms with Gasteiger partial charge in [0.25, 0.3) is 9.04 Å². The predicted octanol–water partition coefficient (Wildman–Crippen LogP) is 6.32. The molecule has 1 unspecified atom stereocenters. The van der Waals surface area contributed by atoms with Crippen molar-refractivity contribution in [2.75, 3.05) is 0 Å². The van der Waals surface area contributed by atoms with E-state index in [0.29, 0.717) is 5.41 Å². The van der Waals surface area contributed by atoms with Crippen LogP contribution in [0, 0.1) is 11.3 Å². The van der Waals surface area contributed by atoms with E-state index in [1.165, 1.54) is 57.1 Å². The first kappa shape index (κ1) is 17.8. The average molecular weight is 296 g/mol. The summed E-state index contributed by atoms with van der Waals surface area (Å²) in [4.78, 5) is 0. The third kappa shape index (κ3) is 7.52. The molecule has 0 N–H and O–H groups in total. The second kappa shape index (κ2) is 8.91. The summed E-state index contributed by atoms with van der Waals surface area (Å²) in [7, 11) is -0.594. The lowest BCUT2D eigenvalue weighted by molar-refractivity contribution is 0.201. The molecular weight excluding hydrogens is 260 g/mol. The van der Waals surface area contributed by atoms with Crippen LogP contribution < -0.4 is 0 Å². The zero-order chi connectivity index (χ0) is 15.0. The van der Waals surface area contributed by atoms with E-state index in [2.05, 4.69) is 39.9 Å². The van der Waals surface area contributed by atoms with Crippen LogP contribution in [0.3, 0.4) is 0 Å². The molecular formula is C18H35OSi. The molecule has 0 saturated heterocycles. The minimum absolute atomic E-state index is 0.482. The van der Waals surface area contributed by atoms with Crippen LogP contribution in [-0.2, 0) is 4.43 Å². The molecule has 1 rings (SSSR count). The molecule has 0 heterocycles. The molecule has 0 aromatic heterocycles. The minimum Gasteiger partial charge on any atom is -0.546 e. The highest BCUT2D eigenvalue weighted by molar-refractivity contribution is 6.48. The zero-order valence-corrected chi connectivity index (χ0v) is 15.4. The molecule has 0 aromatic carbocycles. The molecule has 1 aliphatic rings. The minimum atomic E-state index is -0.594. The van der Waals surface area contributed by atoms with Gasteiger partial charge in [-0.2, -0.15) is 0 Å². The summed E-state index contributed by atoms with van der Waals surface area (Å²) >= 11 is 0. The lowest BCUT2D eigenvalue weighted by atomic mass is 9.75. The molecule has 0 bridgehead atoms. The van der Waals surface area contributed by atoms with E-state index in [0.717, 1.165) is 12.3 Å². The van der Waals surface area contributed by atoms with Crippen LogP contribution in [-0.4, -0.2) is 9.04 Å². The fourth-order valence-corrected chi connectivity index (χ4v) is 3.84. The van der Waals surface area contributed by atoms with E-state index in [-0.39, 0.29) is 0 Å². The molecule has 0 aliphatic heterocycles. The normalized spacial score (nSPS) is 26.3. The first-order valence-corrected chi connectivity index (χ1v) is 11.0. The Kier molecular flexibility index (Phi) is 7.94. The molecule has 0 amide bonds. The van der Waals surface area contributed by atoms with Gasteiger partial charge in [-0.25, -0.2) is 0 Å². The van der Waals surface area contributed by atoms with E-state index in [9.17, 15) is 0 Å². The van der Waals surface area contributed by atoms with Crippen LogP contribution in [0.15, 0.2) is 11.8 Å². The van der Waals surface area contributed by atoms with Gasteiger partial charge in [0.2, 0.25) is 0 Å². The molecule has 0 spiro atoms. The summed E-state index contributed by atoms with van der Waals surface area (Å²) in [5.74, 6) is 2.19. The maximum Gasteiger partial charge on any atom is 0.273 e. The quantitative estimate of drug-likeness (QED) is 0.541. The summed E-state index contributed by atoms with van der Waals surface area (Å²) in [5.41, 5.74) is 0.482. The van der Waals surface area contributed by atoms with Gasteiger partial charge in [0.05, 0.1) is 5.76 Å². The van der Waals surface area contributed by atoms with E-state index in [4.69, 9.17) is 4.43 Å². The van der Waals surface area contributed by atoms with Crippen molar-refractivity contribution in [3.63, 3.8) is 0 Å². The van der Waals surface area contributed by atoms with Crippen molar-refractivity contribution < 1.29 is 4.43 Å². The van der Waals surface area contributed by atoms with Gasteiger partial charge in [-0.05, 0) is 62.6 Å². The highest BCUT2D eigenvalue weighted by Crippen LogP contribution is 2.35. The van der Waals surface area contributed by atoms with Gasteiger partial charge in [0.15, 0.2) is 0 Å². The number of allylic oxidation sites excluding steroid dienone is 2. The molecule has 20 heavy (non-hydrogen) atoms. The van der Waals surface area contributed by atoms with Gasteiger partial charge in [0, 0.05) is 6.42 Å². The van der Waals surface area contributed by atoms with Gasteiger partial charge in [0.1, 0.15) is 0 Å². The Hall–Kier alpha value is -0.243. The summed E-state index contributed by atoms with van der Waals surface area (Å²) < 4.78 is 6.03. The van der Waals surface area contributed by atoms with E-state index >= 15 is 0 Å². The molecule has 117 valence electrons. The Morgan fingerprint density at radius 2 is 1.65 bits per heavy atom. The Labute approximate surface area is 128 Å². The topological polar surface area (TPSA) is 9.23 Å². The van der Waals surface area contributed by atoms with Crippen LogP contribution in [0.5, 0.6) is 0 Å². The van der Waals surface area contributed by atoms with Crippen molar-refractivity contribution in [2.45, 2.75) is 91.7 Å². The van der Waals surface area contributed by atoms with Crippen molar-refractivity contribution >= 4 is 9.04 Å². The van der Waals surface area contributed by atoms with E-state index in [1.54, 1.807) is 0 Å². The van der Waals surface area contributed by atoms with Gasteiger partial charge in [-0.15, -0.1) is 0 Å². The highest BCUT2D eigenvalue weighted by atomic mass is 28.3. The Morgan fingerprint density at radius 1 is 1.00 bits per heavy atom. The van der Waals surface area contributed by atoms with Crippen LogP contribution in [0.25, 0.3) is 0 Å². The van der Waals surface area contributed by atoms with Gasteiger partial charge < -0.3 is 4.43 Å². The predicted molar refractivity (Wildman–Crippen MR) is 91.1 cm³/mol. The van der Waals surface area contributed by atoms with Crippen molar-refractivity contribution in [1.29, 1.82) is 0 Å². The van der Waals surface area contributed by atoms with Crippen molar-refractivity contribution in [2.24, 2.45) is 11.3 Å². The third-order valence-corrected chi connectivity index (χ3v) is 5.08. The van der Waals surface area contributed by atoms with E-state index in [1.807, 2.05) is 0 Å². The van der Waals surface area contributed by atoms with Gasteiger partial charge in [-0.1, -0.05) is 40.0 Å². The fourth-order valence-electron chi connectivity index (χ4n) is 3.13. The SMILES string of the molecule is C[Si](C)O/C1=C/CCCCC(C(C)(C)C)CCCCC1. The summed E-state index contributed by atoms with van der Waals surface area (Å²) in [5, 5.41) is 0. The Morgan fingerprint density at radius 3 is 2.25 bits per heavy atom. The molecule has 1 nitrogen and oxygen atoms in total. The van der Waals surface area contributed by atoms with Crippen LogP contribution in [0.4, 0.5) is 0 Å². The molecule has 1 radical (unpaired) electrons. The first-order chi connectivity index (χ1) is 9.39. The van der Waals surface area contributed by atoms with Crippen molar-refractivity contribution in [3.05, 3.63) is 11.8 Å². The van der Waals surface area contributed by atoms with Gasteiger partial charge in [-0.3, -0.25) is 0 Å². The van der Waals surface area contributed by atoms with Crippen molar-refractivity contribution in [1.82, 2.24) is 0 Å². The number of rotatable bonds is 2. The van der Waals surface area contributed by atoms with Crippen LogP contribution >= 0.6 is 0 Å². The monoisotopic (exact) mass is 295 g/mol. The van der Waals surface area contributed by atoms with Crippen molar-refractivity contribution in [3.8, 4) is 0 Å². The molecule has 0 fully saturated rings. The lowest BCUT2D eigenvalue weighted by Gasteiger charge is -2.31. The van der Waals surface area contributed by atoms with Crippen LogP contribution in [0.2, 0.25) is 13.1 Å². The van der Waals surface area contributed by atoms with Gasteiger partial charge >= 0.3 is 0 Å². The second-order valence-electron chi connectivity index (χ2n) is 7.63. The number of hydrogen-bond donors (Lipinski definition) is 0. The molecule has 0 aromatic rings. The zero-order valence-electron chi connectivity index (χ0n) is 14.4. The maximum absolute atomic E-state index is 6.03. The lowest BCUT2D eigenvalue weighted by Crippen LogP contribution is -2.20. The Bertz CT molecular complexity index is 288. The standard InChI is InChI=1S/C18H35OSi/c1-18(2,3)16-12-8-6-10-14-17(19-20(4)5)15-11-7-9-13-16/h14,16H,6-13,15H2,1-5H3/b17-14+. The summed E-state index contributed by atoms with van der Waals surface area (Å²) in [6.07, 6.45) is 14.3. The summed E-state index contributed by atoms with van der Waals surface area (Å²) in [6.45, 7) is 11.7. The molecule has 1 aliphatic carbocycles. The second-order valence-corrected chi connectivity index (χ2v) is 9.65. The Balaban J connectivity index is 2.52.